The third-order valence-electron chi connectivity index (χ3n) is 4.08. The maximum Gasteiger partial charge on any atom is 0.244 e. The van der Waals surface area contributed by atoms with Crippen LogP contribution in [0.1, 0.15) is 30.0 Å². The first-order valence-electron chi connectivity index (χ1n) is 7.45. The van der Waals surface area contributed by atoms with Crippen LogP contribution in [0.2, 0.25) is 5.02 Å². The van der Waals surface area contributed by atoms with Crippen molar-refractivity contribution in [3.63, 3.8) is 0 Å². The van der Waals surface area contributed by atoms with E-state index in [9.17, 15) is 8.42 Å². The lowest BCUT2D eigenvalue weighted by Gasteiger charge is -2.26. The highest BCUT2D eigenvalue weighted by atomic mass is 35.5. The highest BCUT2D eigenvalue weighted by molar-refractivity contribution is 7.89. The molecule has 1 N–H and O–H groups in total. The van der Waals surface area contributed by atoms with Gasteiger partial charge in [-0.05, 0) is 48.6 Å². The van der Waals surface area contributed by atoms with Crippen LogP contribution in [-0.4, -0.2) is 15.5 Å². The van der Waals surface area contributed by atoms with Crippen LogP contribution < -0.4 is 9.46 Å². The summed E-state index contributed by atoms with van der Waals surface area (Å²) in [5.74, 6) is 0.283. The fourth-order valence-corrected chi connectivity index (χ4v) is 4.67. The molecule has 2 aromatic carbocycles. The minimum atomic E-state index is -3.73. The minimum Gasteiger partial charge on any atom is -0.495 e. The zero-order chi connectivity index (χ0) is 16.4. The minimum absolute atomic E-state index is 0.0653. The molecule has 0 bridgehead atoms. The number of sulfonamides is 1. The summed E-state index contributed by atoms with van der Waals surface area (Å²) < 4.78 is 33.6. The van der Waals surface area contributed by atoms with E-state index in [4.69, 9.17) is 16.3 Å². The molecule has 4 nitrogen and oxygen atoms in total. The van der Waals surface area contributed by atoms with Crippen LogP contribution in [0.15, 0.2) is 47.4 Å². The van der Waals surface area contributed by atoms with Crippen molar-refractivity contribution in [3.05, 3.63) is 58.6 Å². The SMILES string of the molecule is COc1ccc(Cl)cc1S(=O)(=O)N[C@H]1CCCc2ccccc21. The maximum absolute atomic E-state index is 12.8. The Balaban J connectivity index is 1.96. The van der Waals surface area contributed by atoms with E-state index in [1.807, 2.05) is 18.2 Å². The van der Waals surface area contributed by atoms with E-state index in [2.05, 4.69) is 10.8 Å². The number of nitrogens with one attached hydrogen (secondary N) is 1. The van der Waals surface area contributed by atoms with E-state index in [1.54, 1.807) is 12.1 Å². The first-order chi connectivity index (χ1) is 11.0. The van der Waals surface area contributed by atoms with Crippen molar-refractivity contribution in [2.75, 3.05) is 7.11 Å². The fourth-order valence-electron chi connectivity index (χ4n) is 2.99. The highest BCUT2D eigenvalue weighted by Gasteiger charge is 2.27. The van der Waals surface area contributed by atoms with Crippen LogP contribution in [0.5, 0.6) is 5.75 Å². The van der Waals surface area contributed by atoms with E-state index in [-0.39, 0.29) is 16.7 Å². The van der Waals surface area contributed by atoms with Gasteiger partial charge in [0, 0.05) is 11.1 Å². The summed E-state index contributed by atoms with van der Waals surface area (Å²) in [4.78, 5) is 0.0653. The number of hydrogen-bond donors (Lipinski definition) is 1. The van der Waals surface area contributed by atoms with Crippen LogP contribution >= 0.6 is 11.6 Å². The largest absolute Gasteiger partial charge is 0.495 e. The fraction of sp³-hybridized carbons (Fsp3) is 0.294. The molecule has 0 saturated heterocycles. The topological polar surface area (TPSA) is 55.4 Å². The number of fused-ring (bicyclic) bond motifs is 1. The van der Waals surface area contributed by atoms with E-state index < -0.39 is 10.0 Å². The van der Waals surface area contributed by atoms with Gasteiger partial charge in [0.15, 0.2) is 0 Å². The Morgan fingerprint density at radius 2 is 2.00 bits per heavy atom. The Morgan fingerprint density at radius 3 is 2.78 bits per heavy atom. The summed E-state index contributed by atoms with van der Waals surface area (Å²) in [5.41, 5.74) is 2.24. The second-order valence-electron chi connectivity index (χ2n) is 5.56. The number of methoxy groups -OCH3 is 1. The molecule has 0 aromatic heterocycles. The summed E-state index contributed by atoms with van der Waals surface area (Å²) in [7, 11) is -2.28. The summed E-state index contributed by atoms with van der Waals surface area (Å²) in [6.45, 7) is 0. The van der Waals surface area contributed by atoms with E-state index in [1.165, 1.54) is 18.7 Å². The van der Waals surface area contributed by atoms with Gasteiger partial charge in [-0.3, -0.25) is 0 Å². The van der Waals surface area contributed by atoms with Gasteiger partial charge in [0.2, 0.25) is 10.0 Å². The summed E-state index contributed by atoms with van der Waals surface area (Å²) in [6.07, 6.45) is 2.71. The molecular formula is C17H18ClNO3S. The van der Waals surface area contributed by atoms with E-state index in [0.29, 0.717) is 5.02 Å². The normalized spacial score (nSPS) is 17.6. The maximum atomic E-state index is 12.8. The molecule has 0 amide bonds. The molecule has 0 aliphatic heterocycles. The summed E-state index contributed by atoms with van der Waals surface area (Å²) in [5, 5.41) is 0.357. The lowest BCUT2D eigenvalue weighted by Crippen LogP contribution is -2.31. The summed E-state index contributed by atoms with van der Waals surface area (Å²) in [6, 6.07) is 12.3. The van der Waals surface area contributed by atoms with Gasteiger partial charge in [-0.25, -0.2) is 13.1 Å². The van der Waals surface area contributed by atoms with Crippen molar-refractivity contribution in [2.24, 2.45) is 0 Å². The average molecular weight is 352 g/mol. The molecule has 2 aromatic rings. The first kappa shape index (κ1) is 16.3. The number of ether oxygens (including phenoxy) is 1. The second-order valence-corrected chi connectivity index (χ2v) is 7.68. The standard InChI is InChI=1S/C17H18ClNO3S/c1-22-16-10-9-13(18)11-17(16)23(20,21)19-15-8-4-6-12-5-2-3-7-14(12)15/h2-3,5,7,9-11,15,19H,4,6,8H2,1H3/t15-/m0/s1. The summed E-state index contributed by atoms with van der Waals surface area (Å²) >= 11 is 5.96. The van der Waals surface area contributed by atoms with Gasteiger partial charge in [-0.2, -0.15) is 0 Å². The Bertz CT molecular complexity index is 820. The predicted octanol–water partition coefficient (Wildman–Crippen LogP) is 3.70. The van der Waals surface area contributed by atoms with Gasteiger partial charge in [-0.1, -0.05) is 35.9 Å². The van der Waals surface area contributed by atoms with Gasteiger partial charge in [0.25, 0.3) is 0 Å². The third-order valence-corrected chi connectivity index (χ3v) is 5.81. The molecule has 0 fully saturated rings. The number of rotatable bonds is 4. The first-order valence-corrected chi connectivity index (χ1v) is 9.31. The number of halogens is 1. The van der Waals surface area contributed by atoms with Crippen LogP contribution in [-0.2, 0) is 16.4 Å². The second kappa shape index (κ2) is 6.51. The quantitative estimate of drug-likeness (QED) is 0.913. The van der Waals surface area contributed by atoms with E-state index in [0.717, 1.165) is 24.8 Å². The predicted molar refractivity (Wildman–Crippen MR) is 90.4 cm³/mol. The average Bonchev–Trinajstić information content (AvgIpc) is 2.55. The van der Waals surface area contributed by atoms with Gasteiger partial charge in [0.05, 0.1) is 7.11 Å². The molecular weight excluding hydrogens is 334 g/mol. The van der Waals surface area contributed by atoms with Crippen molar-refractivity contribution in [1.82, 2.24) is 4.72 Å². The molecule has 0 unspecified atom stereocenters. The lowest BCUT2D eigenvalue weighted by atomic mass is 9.88. The third kappa shape index (κ3) is 3.37. The van der Waals surface area contributed by atoms with Gasteiger partial charge >= 0.3 is 0 Å². The molecule has 23 heavy (non-hydrogen) atoms. The molecule has 6 heteroatoms. The molecule has 1 aliphatic carbocycles. The monoisotopic (exact) mass is 351 g/mol. The smallest absolute Gasteiger partial charge is 0.244 e. The zero-order valence-electron chi connectivity index (χ0n) is 12.8. The van der Waals surface area contributed by atoms with Crippen molar-refractivity contribution in [2.45, 2.75) is 30.2 Å². The Labute approximate surface area is 141 Å². The molecule has 3 rings (SSSR count). The van der Waals surface area contributed by atoms with Crippen LogP contribution in [0.3, 0.4) is 0 Å². The van der Waals surface area contributed by atoms with Crippen LogP contribution in [0.25, 0.3) is 0 Å². The van der Waals surface area contributed by atoms with Crippen molar-refractivity contribution in [1.29, 1.82) is 0 Å². The number of hydrogen-bond acceptors (Lipinski definition) is 3. The van der Waals surface area contributed by atoms with Crippen molar-refractivity contribution >= 4 is 21.6 Å². The molecule has 0 radical (unpaired) electrons. The van der Waals surface area contributed by atoms with Gasteiger partial charge in [-0.15, -0.1) is 0 Å². The molecule has 0 saturated carbocycles. The highest BCUT2D eigenvalue weighted by Crippen LogP contribution is 2.33. The van der Waals surface area contributed by atoms with Gasteiger partial charge in [0.1, 0.15) is 10.6 Å². The zero-order valence-corrected chi connectivity index (χ0v) is 14.3. The number of aryl methyl sites for hydroxylation is 1. The molecule has 0 heterocycles. The van der Waals surface area contributed by atoms with Crippen molar-refractivity contribution < 1.29 is 13.2 Å². The molecule has 1 aliphatic rings. The Kier molecular flexibility index (Phi) is 4.62. The van der Waals surface area contributed by atoms with Crippen LogP contribution in [0.4, 0.5) is 0 Å². The molecule has 122 valence electrons. The number of benzene rings is 2. The van der Waals surface area contributed by atoms with E-state index >= 15 is 0 Å². The lowest BCUT2D eigenvalue weighted by molar-refractivity contribution is 0.401. The Hall–Kier alpha value is -1.56. The van der Waals surface area contributed by atoms with Crippen LogP contribution in [0, 0.1) is 0 Å². The van der Waals surface area contributed by atoms with Crippen molar-refractivity contribution in [3.8, 4) is 5.75 Å². The molecule has 1 atom stereocenters. The Morgan fingerprint density at radius 1 is 1.22 bits per heavy atom. The molecule has 0 spiro atoms. The van der Waals surface area contributed by atoms with Gasteiger partial charge < -0.3 is 4.74 Å².